The van der Waals surface area contributed by atoms with Crippen LogP contribution in [0.5, 0.6) is 5.75 Å². The minimum absolute atomic E-state index is 0.0365. The van der Waals surface area contributed by atoms with Crippen LogP contribution in [-0.2, 0) is 0 Å². The maximum absolute atomic E-state index is 10.2. The predicted octanol–water partition coefficient (Wildman–Crippen LogP) is 2.85. The first-order valence-corrected chi connectivity index (χ1v) is 6.37. The van der Waals surface area contributed by atoms with Gasteiger partial charge in [0, 0.05) is 0 Å². The van der Waals surface area contributed by atoms with Crippen LogP contribution in [0.2, 0.25) is 0 Å². The van der Waals surface area contributed by atoms with Crippen molar-refractivity contribution in [1.82, 2.24) is 4.90 Å². The number of aliphatic hydroxyl groups is 1. The monoisotopic (exact) mass is 251 g/mol. The summed E-state index contributed by atoms with van der Waals surface area (Å²) < 4.78 is 5.62. The number of nitrogens with zero attached hydrogens (tertiary/aromatic N) is 1. The molecular formula is C15H25NO2. The molecule has 1 aromatic rings. The molecule has 1 rings (SSSR count). The maximum Gasteiger partial charge on any atom is 0.119 e. The van der Waals surface area contributed by atoms with E-state index in [0.29, 0.717) is 0 Å². The van der Waals surface area contributed by atoms with Crippen molar-refractivity contribution in [1.29, 1.82) is 0 Å². The van der Waals surface area contributed by atoms with Gasteiger partial charge < -0.3 is 9.84 Å². The SMILES string of the molecule is CC(C)Oc1ccc(C(N(C)C)C(C)(C)O)cc1. The Bertz CT molecular complexity index is 363. The zero-order valence-corrected chi connectivity index (χ0v) is 12.3. The Kier molecular flexibility index (Phi) is 4.77. The molecular weight excluding hydrogens is 226 g/mol. The molecule has 0 fully saturated rings. The van der Waals surface area contributed by atoms with Crippen molar-refractivity contribution in [2.45, 2.75) is 45.4 Å². The normalized spacial score (nSPS) is 14.1. The fourth-order valence-electron chi connectivity index (χ4n) is 2.34. The summed E-state index contributed by atoms with van der Waals surface area (Å²) in [5.74, 6) is 0.863. The molecule has 0 radical (unpaired) electrons. The molecule has 3 nitrogen and oxygen atoms in total. The van der Waals surface area contributed by atoms with Crippen LogP contribution < -0.4 is 4.74 Å². The Labute approximate surface area is 110 Å². The van der Waals surface area contributed by atoms with Gasteiger partial charge in [-0.05, 0) is 59.5 Å². The summed E-state index contributed by atoms with van der Waals surface area (Å²) in [6, 6.07) is 7.90. The molecule has 0 heterocycles. The van der Waals surface area contributed by atoms with Crippen molar-refractivity contribution in [3.05, 3.63) is 29.8 Å². The van der Waals surface area contributed by atoms with Crippen LogP contribution in [0.25, 0.3) is 0 Å². The van der Waals surface area contributed by atoms with Crippen molar-refractivity contribution in [3.63, 3.8) is 0 Å². The lowest BCUT2D eigenvalue weighted by atomic mass is 9.91. The van der Waals surface area contributed by atoms with Gasteiger partial charge in [-0.15, -0.1) is 0 Å². The zero-order valence-electron chi connectivity index (χ0n) is 12.3. The van der Waals surface area contributed by atoms with Crippen molar-refractivity contribution >= 4 is 0 Å². The second-order valence-corrected chi connectivity index (χ2v) is 5.76. The van der Waals surface area contributed by atoms with Gasteiger partial charge in [-0.25, -0.2) is 0 Å². The summed E-state index contributed by atoms with van der Waals surface area (Å²) in [6.07, 6.45) is 0.176. The molecule has 0 aromatic heterocycles. The van der Waals surface area contributed by atoms with Gasteiger partial charge in [0.15, 0.2) is 0 Å². The Morgan fingerprint density at radius 3 is 1.94 bits per heavy atom. The highest BCUT2D eigenvalue weighted by atomic mass is 16.5. The highest BCUT2D eigenvalue weighted by Gasteiger charge is 2.30. The summed E-state index contributed by atoms with van der Waals surface area (Å²) in [7, 11) is 3.95. The highest BCUT2D eigenvalue weighted by molar-refractivity contribution is 5.30. The second-order valence-electron chi connectivity index (χ2n) is 5.76. The molecule has 0 saturated heterocycles. The molecule has 0 saturated carbocycles. The topological polar surface area (TPSA) is 32.7 Å². The van der Waals surface area contributed by atoms with Crippen LogP contribution in [0.1, 0.15) is 39.3 Å². The lowest BCUT2D eigenvalue weighted by Gasteiger charge is -2.35. The number of ether oxygens (including phenoxy) is 1. The molecule has 3 heteroatoms. The fraction of sp³-hybridized carbons (Fsp3) is 0.600. The average Bonchev–Trinajstić information content (AvgIpc) is 2.17. The van der Waals surface area contributed by atoms with E-state index in [1.165, 1.54) is 0 Å². The van der Waals surface area contributed by atoms with Crippen molar-refractivity contribution in [3.8, 4) is 5.75 Å². The molecule has 0 aliphatic carbocycles. The van der Waals surface area contributed by atoms with Gasteiger partial charge in [-0.1, -0.05) is 12.1 Å². The van der Waals surface area contributed by atoms with Gasteiger partial charge in [0.25, 0.3) is 0 Å². The van der Waals surface area contributed by atoms with E-state index in [1.54, 1.807) is 0 Å². The first-order chi connectivity index (χ1) is 8.21. The quantitative estimate of drug-likeness (QED) is 0.873. The largest absolute Gasteiger partial charge is 0.491 e. The molecule has 0 bridgehead atoms. The summed E-state index contributed by atoms with van der Waals surface area (Å²) in [5.41, 5.74) is 0.299. The second kappa shape index (κ2) is 5.72. The minimum atomic E-state index is -0.788. The third kappa shape index (κ3) is 4.00. The Morgan fingerprint density at radius 1 is 1.11 bits per heavy atom. The summed E-state index contributed by atoms with van der Waals surface area (Å²) in [6.45, 7) is 7.67. The molecule has 0 spiro atoms. The van der Waals surface area contributed by atoms with Gasteiger partial charge in [0.2, 0.25) is 0 Å². The van der Waals surface area contributed by atoms with Gasteiger partial charge in [0.05, 0.1) is 17.7 Å². The first-order valence-electron chi connectivity index (χ1n) is 6.37. The van der Waals surface area contributed by atoms with Crippen LogP contribution in [-0.4, -0.2) is 35.8 Å². The fourth-order valence-corrected chi connectivity index (χ4v) is 2.34. The van der Waals surface area contributed by atoms with E-state index in [0.717, 1.165) is 11.3 Å². The molecule has 1 N–H and O–H groups in total. The lowest BCUT2D eigenvalue weighted by molar-refractivity contribution is -0.00318. The summed E-state index contributed by atoms with van der Waals surface area (Å²) >= 11 is 0. The Balaban J connectivity index is 2.95. The zero-order chi connectivity index (χ0) is 13.9. The standard InChI is InChI=1S/C15H25NO2/c1-11(2)18-13-9-7-12(8-10-13)14(16(5)6)15(3,4)17/h7-11,14,17H,1-6H3. The molecule has 0 aliphatic heterocycles. The molecule has 18 heavy (non-hydrogen) atoms. The van der Waals surface area contributed by atoms with Gasteiger partial charge in [0.1, 0.15) is 5.75 Å². The van der Waals surface area contributed by atoms with Crippen LogP contribution >= 0.6 is 0 Å². The highest BCUT2D eigenvalue weighted by Crippen LogP contribution is 2.30. The molecule has 102 valence electrons. The van der Waals surface area contributed by atoms with Gasteiger partial charge in [-0.2, -0.15) is 0 Å². The van der Waals surface area contributed by atoms with E-state index < -0.39 is 5.60 Å². The minimum Gasteiger partial charge on any atom is -0.491 e. The maximum atomic E-state index is 10.2. The smallest absolute Gasteiger partial charge is 0.119 e. The van der Waals surface area contributed by atoms with Crippen LogP contribution in [0.3, 0.4) is 0 Å². The van der Waals surface area contributed by atoms with E-state index in [1.807, 2.05) is 71.0 Å². The third-order valence-corrected chi connectivity index (χ3v) is 2.75. The van der Waals surface area contributed by atoms with E-state index in [-0.39, 0.29) is 12.1 Å². The van der Waals surface area contributed by atoms with E-state index in [9.17, 15) is 5.11 Å². The summed E-state index contributed by atoms with van der Waals surface area (Å²) in [5, 5.41) is 10.2. The number of rotatable bonds is 5. The molecule has 0 aliphatic rings. The van der Waals surface area contributed by atoms with E-state index in [4.69, 9.17) is 4.74 Å². The Hall–Kier alpha value is -1.06. The van der Waals surface area contributed by atoms with Crippen LogP contribution in [0, 0.1) is 0 Å². The lowest BCUT2D eigenvalue weighted by Crippen LogP contribution is -2.38. The predicted molar refractivity (Wildman–Crippen MR) is 74.9 cm³/mol. The van der Waals surface area contributed by atoms with E-state index in [2.05, 4.69) is 0 Å². The van der Waals surface area contributed by atoms with Crippen molar-refractivity contribution in [2.75, 3.05) is 14.1 Å². The van der Waals surface area contributed by atoms with Crippen LogP contribution in [0.4, 0.5) is 0 Å². The molecule has 1 unspecified atom stereocenters. The first kappa shape index (κ1) is 15.0. The third-order valence-electron chi connectivity index (χ3n) is 2.75. The number of likely N-dealkylation sites (N-methyl/N-ethyl adjacent to an activating group) is 1. The average molecular weight is 251 g/mol. The van der Waals surface area contributed by atoms with Gasteiger partial charge >= 0.3 is 0 Å². The van der Waals surface area contributed by atoms with Gasteiger partial charge in [-0.3, -0.25) is 4.90 Å². The molecule has 1 aromatic carbocycles. The van der Waals surface area contributed by atoms with Crippen molar-refractivity contribution < 1.29 is 9.84 Å². The molecule has 1 atom stereocenters. The van der Waals surface area contributed by atoms with E-state index >= 15 is 0 Å². The number of benzene rings is 1. The summed E-state index contributed by atoms with van der Waals surface area (Å²) in [4.78, 5) is 2.03. The Morgan fingerprint density at radius 2 is 1.61 bits per heavy atom. The van der Waals surface area contributed by atoms with Crippen LogP contribution in [0.15, 0.2) is 24.3 Å². The number of hydrogen-bond donors (Lipinski definition) is 1. The van der Waals surface area contributed by atoms with Crippen molar-refractivity contribution in [2.24, 2.45) is 0 Å². The molecule has 0 amide bonds. The number of hydrogen-bond acceptors (Lipinski definition) is 3.